The zero-order valence-electron chi connectivity index (χ0n) is 9.25. The van der Waals surface area contributed by atoms with Crippen molar-refractivity contribution in [3.63, 3.8) is 0 Å². The molecule has 0 atom stereocenters. The first-order chi connectivity index (χ1) is 8.27. The maximum absolute atomic E-state index is 6.07. The minimum absolute atomic E-state index is 0.666. The Balaban J connectivity index is 1.82. The average Bonchev–Trinajstić information content (AvgIpc) is 2.80. The van der Waals surface area contributed by atoms with Gasteiger partial charge in [0.1, 0.15) is 5.76 Å². The van der Waals surface area contributed by atoms with Crippen LogP contribution in [0.25, 0.3) is 0 Å². The Morgan fingerprint density at radius 2 is 1.82 bits per heavy atom. The molecule has 0 saturated heterocycles. The first kappa shape index (κ1) is 12.5. The largest absolute Gasteiger partial charge is 0.469 e. The van der Waals surface area contributed by atoms with Gasteiger partial charge in [0, 0.05) is 35.1 Å². The lowest BCUT2D eigenvalue weighted by atomic mass is 10.2. The Kier molecular flexibility index (Phi) is 4.49. The van der Waals surface area contributed by atoms with Crippen molar-refractivity contribution in [1.29, 1.82) is 0 Å². The van der Waals surface area contributed by atoms with Crippen LogP contribution in [0.5, 0.6) is 0 Å². The van der Waals surface area contributed by atoms with E-state index in [-0.39, 0.29) is 0 Å². The molecule has 2 aromatic rings. The van der Waals surface area contributed by atoms with E-state index in [0.29, 0.717) is 16.6 Å². The second kappa shape index (κ2) is 6.10. The Morgan fingerprint density at radius 3 is 2.47 bits per heavy atom. The van der Waals surface area contributed by atoms with E-state index in [4.69, 9.17) is 27.6 Å². The summed E-state index contributed by atoms with van der Waals surface area (Å²) in [5, 5.41) is 4.69. The molecule has 2 nitrogen and oxygen atoms in total. The number of hydrogen-bond acceptors (Lipinski definition) is 2. The molecule has 0 saturated carbocycles. The van der Waals surface area contributed by atoms with E-state index in [0.717, 1.165) is 24.3 Å². The Hall–Kier alpha value is -0.960. The molecule has 0 aliphatic rings. The van der Waals surface area contributed by atoms with E-state index in [1.165, 1.54) is 0 Å². The second-order valence-electron chi connectivity index (χ2n) is 3.71. The van der Waals surface area contributed by atoms with Crippen molar-refractivity contribution in [3.05, 3.63) is 58.0 Å². The lowest BCUT2D eigenvalue weighted by Gasteiger charge is -2.07. The second-order valence-corrected chi connectivity index (χ2v) is 4.52. The molecule has 1 aromatic carbocycles. The molecule has 90 valence electrons. The molecule has 0 amide bonds. The predicted molar refractivity (Wildman–Crippen MR) is 70.6 cm³/mol. The Labute approximate surface area is 111 Å². The SMILES string of the molecule is Clc1cccc(Cl)c1CNCCc1ccco1. The standard InChI is InChI=1S/C13H13Cl2NO/c14-12-4-1-5-13(15)11(12)9-16-7-6-10-3-2-8-17-10/h1-5,8,16H,6-7,9H2. The molecular formula is C13H13Cl2NO. The summed E-state index contributed by atoms with van der Waals surface area (Å²) in [4.78, 5) is 0. The molecule has 0 radical (unpaired) electrons. The molecular weight excluding hydrogens is 257 g/mol. The van der Waals surface area contributed by atoms with Crippen LogP contribution in [0.2, 0.25) is 10.0 Å². The maximum atomic E-state index is 6.07. The number of nitrogens with one attached hydrogen (secondary N) is 1. The van der Waals surface area contributed by atoms with Gasteiger partial charge in [0.25, 0.3) is 0 Å². The number of rotatable bonds is 5. The average molecular weight is 270 g/mol. The fraction of sp³-hybridized carbons (Fsp3) is 0.231. The summed E-state index contributed by atoms with van der Waals surface area (Å²) in [7, 11) is 0. The fourth-order valence-corrected chi connectivity index (χ4v) is 2.11. The van der Waals surface area contributed by atoms with Gasteiger partial charge in [0.05, 0.1) is 6.26 Å². The molecule has 0 aliphatic heterocycles. The van der Waals surface area contributed by atoms with E-state index in [1.54, 1.807) is 6.26 Å². The summed E-state index contributed by atoms with van der Waals surface area (Å²) in [6, 6.07) is 9.38. The minimum Gasteiger partial charge on any atom is -0.469 e. The van der Waals surface area contributed by atoms with Crippen LogP contribution >= 0.6 is 23.2 Å². The molecule has 17 heavy (non-hydrogen) atoms. The highest BCUT2D eigenvalue weighted by molar-refractivity contribution is 6.35. The van der Waals surface area contributed by atoms with Gasteiger partial charge in [-0.2, -0.15) is 0 Å². The first-order valence-electron chi connectivity index (χ1n) is 5.43. The maximum Gasteiger partial charge on any atom is 0.105 e. The van der Waals surface area contributed by atoms with Gasteiger partial charge in [0.15, 0.2) is 0 Å². The third-order valence-corrected chi connectivity index (χ3v) is 3.20. The Morgan fingerprint density at radius 1 is 1.06 bits per heavy atom. The quantitative estimate of drug-likeness (QED) is 0.833. The van der Waals surface area contributed by atoms with E-state index in [1.807, 2.05) is 30.3 Å². The van der Waals surface area contributed by atoms with Gasteiger partial charge < -0.3 is 9.73 Å². The third kappa shape index (κ3) is 3.50. The normalized spacial score (nSPS) is 10.7. The number of furan rings is 1. The van der Waals surface area contributed by atoms with Gasteiger partial charge in [-0.05, 0) is 24.3 Å². The summed E-state index contributed by atoms with van der Waals surface area (Å²) in [5.41, 5.74) is 0.940. The molecule has 2 rings (SSSR count). The highest BCUT2D eigenvalue weighted by Gasteiger charge is 2.04. The third-order valence-electron chi connectivity index (χ3n) is 2.49. The van der Waals surface area contributed by atoms with E-state index in [9.17, 15) is 0 Å². The highest BCUT2D eigenvalue weighted by atomic mass is 35.5. The molecule has 0 spiro atoms. The molecule has 1 aromatic heterocycles. The zero-order chi connectivity index (χ0) is 12.1. The molecule has 1 heterocycles. The predicted octanol–water partition coefficient (Wildman–Crippen LogP) is 3.92. The van der Waals surface area contributed by atoms with Crippen molar-refractivity contribution >= 4 is 23.2 Å². The van der Waals surface area contributed by atoms with Gasteiger partial charge in [-0.15, -0.1) is 0 Å². The van der Waals surface area contributed by atoms with Crippen molar-refractivity contribution in [3.8, 4) is 0 Å². The van der Waals surface area contributed by atoms with Crippen LogP contribution in [-0.4, -0.2) is 6.54 Å². The summed E-state index contributed by atoms with van der Waals surface area (Å²) >= 11 is 12.1. The zero-order valence-corrected chi connectivity index (χ0v) is 10.8. The highest BCUT2D eigenvalue weighted by Crippen LogP contribution is 2.23. The molecule has 0 fully saturated rings. The fourth-order valence-electron chi connectivity index (χ4n) is 1.58. The molecule has 1 N–H and O–H groups in total. The van der Waals surface area contributed by atoms with Gasteiger partial charge in [-0.3, -0.25) is 0 Å². The van der Waals surface area contributed by atoms with Crippen LogP contribution in [0.3, 0.4) is 0 Å². The van der Waals surface area contributed by atoms with E-state index < -0.39 is 0 Å². The summed E-state index contributed by atoms with van der Waals surface area (Å²) < 4.78 is 5.24. The monoisotopic (exact) mass is 269 g/mol. The van der Waals surface area contributed by atoms with E-state index >= 15 is 0 Å². The van der Waals surface area contributed by atoms with Crippen LogP contribution < -0.4 is 5.32 Å². The van der Waals surface area contributed by atoms with Crippen LogP contribution in [0.4, 0.5) is 0 Å². The lowest BCUT2D eigenvalue weighted by Crippen LogP contribution is -2.17. The van der Waals surface area contributed by atoms with Crippen molar-refractivity contribution in [1.82, 2.24) is 5.32 Å². The van der Waals surface area contributed by atoms with Crippen LogP contribution in [0, 0.1) is 0 Å². The summed E-state index contributed by atoms with van der Waals surface area (Å²) in [6.07, 6.45) is 2.54. The first-order valence-corrected chi connectivity index (χ1v) is 6.19. The van der Waals surface area contributed by atoms with E-state index in [2.05, 4.69) is 5.32 Å². The van der Waals surface area contributed by atoms with Crippen LogP contribution in [-0.2, 0) is 13.0 Å². The molecule has 0 bridgehead atoms. The molecule has 0 aliphatic carbocycles. The van der Waals surface area contributed by atoms with Crippen molar-refractivity contribution < 1.29 is 4.42 Å². The number of hydrogen-bond donors (Lipinski definition) is 1. The number of benzene rings is 1. The van der Waals surface area contributed by atoms with Crippen LogP contribution in [0.1, 0.15) is 11.3 Å². The van der Waals surface area contributed by atoms with Gasteiger partial charge in [0.2, 0.25) is 0 Å². The van der Waals surface area contributed by atoms with Crippen molar-refractivity contribution in [2.45, 2.75) is 13.0 Å². The molecule has 4 heteroatoms. The topological polar surface area (TPSA) is 25.2 Å². The van der Waals surface area contributed by atoms with Gasteiger partial charge in [-0.1, -0.05) is 29.3 Å². The smallest absolute Gasteiger partial charge is 0.105 e. The minimum atomic E-state index is 0.666. The number of halogens is 2. The van der Waals surface area contributed by atoms with Gasteiger partial charge >= 0.3 is 0 Å². The Bertz CT molecular complexity index is 448. The van der Waals surface area contributed by atoms with Crippen molar-refractivity contribution in [2.24, 2.45) is 0 Å². The summed E-state index contributed by atoms with van der Waals surface area (Å²) in [6.45, 7) is 1.49. The lowest BCUT2D eigenvalue weighted by molar-refractivity contribution is 0.499. The van der Waals surface area contributed by atoms with Crippen LogP contribution in [0.15, 0.2) is 41.0 Å². The van der Waals surface area contributed by atoms with Crippen molar-refractivity contribution in [2.75, 3.05) is 6.54 Å². The molecule has 0 unspecified atom stereocenters. The van der Waals surface area contributed by atoms with Gasteiger partial charge in [-0.25, -0.2) is 0 Å². The summed E-state index contributed by atoms with van der Waals surface area (Å²) in [5.74, 6) is 0.975.